The number of carbonyl (C=O) groups is 3. The molecule has 37 heavy (non-hydrogen) atoms. The van der Waals surface area contributed by atoms with E-state index in [9.17, 15) is 14.4 Å². The second-order valence-electron chi connectivity index (χ2n) is 8.29. The molecular formula is C29H32Cl2O6. The van der Waals surface area contributed by atoms with Crippen molar-refractivity contribution >= 4 is 51.9 Å². The SMILES string of the molecule is CCCCC(Cl)OC(=O)c1ccccc1C(=O)OC(Cl)CCCC.O=C(O)c1cccc2ccccc12. The molecule has 0 fully saturated rings. The van der Waals surface area contributed by atoms with E-state index in [1.165, 1.54) is 12.1 Å². The molecule has 6 nitrogen and oxygen atoms in total. The number of ether oxygens (including phenoxy) is 2. The minimum Gasteiger partial charge on any atom is -0.478 e. The zero-order valence-electron chi connectivity index (χ0n) is 21.0. The molecule has 0 saturated heterocycles. The van der Waals surface area contributed by atoms with Crippen molar-refractivity contribution in [1.82, 2.24) is 0 Å². The molecule has 198 valence electrons. The largest absolute Gasteiger partial charge is 0.478 e. The van der Waals surface area contributed by atoms with Crippen LogP contribution in [0.4, 0.5) is 0 Å². The van der Waals surface area contributed by atoms with Gasteiger partial charge in [0.15, 0.2) is 11.1 Å². The molecule has 3 rings (SSSR count). The van der Waals surface area contributed by atoms with Gasteiger partial charge in [-0.2, -0.15) is 0 Å². The van der Waals surface area contributed by atoms with Crippen LogP contribution in [-0.2, 0) is 9.47 Å². The predicted octanol–water partition coefficient (Wildman–Crippen LogP) is 8.05. The number of rotatable bonds is 11. The molecule has 1 N–H and O–H groups in total. The number of carboxylic acids is 1. The van der Waals surface area contributed by atoms with E-state index in [0.717, 1.165) is 36.5 Å². The average molecular weight is 547 g/mol. The molecule has 0 bridgehead atoms. The smallest absolute Gasteiger partial charge is 0.340 e. The minimum atomic E-state index is -0.878. The quantitative estimate of drug-likeness (QED) is 0.193. The number of hydrogen-bond donors (Lipinski definition) is 1. The molecule has 8 heteroatoms. The highest BCUT2D eigenvalue weighted by atomic mass is 35.5. The van der Waals surface area contributed by atoms with E-state index in [4.69, 9.17) is 37.8 Å². The Morgan fingerprint density at radius 1 is 0.703 bits per heavy atom. The third-order valence-electron chi connectivity index (χ3n) is 5.43. The second-order valence-corrected chi connectivity index (χ2v) is 9.27. The molecule has 0 radical (unpaired) electrons. The molecule has 3 aromatic rings. The highest BCUT2D eigenvalue weighted by molar-refractivity contribution is 6.21. The standard InChI is InChI=1S/C18H24Cl2O4.C11H8O2/c1-3-5-11-15(19)23-17(21)13-9-7-8-10-14(13)18(22)24-16(20)12-6-4-2;12-11(13)10-7-3-5-8-4-1-2-6-9(8)10/h7-10,15-16H,3-6,11-12H2,1-2H3;1-7H,(H,12,13). The molecule has 0 spiro atoms. The molecule has 3 aromatic carbocycles. The van der Waals surface area contributed by atoms with Gasteiger partial charge in [-0.3, -0.25) is 0 Å². The predicted molar refractivity (Wildman–Crippen MR) is 147 cm³/mol. The Hall–Kier alpha value is -3.09. The van der Waals surface area contributed by atoms with E-state index in [1.807, 2.05) is 44.2 Å². The van der Waals surface area contributed by atoms with Crippen molar-refractivity contribution in [2.24, 2.45) is 0 Å². The summed E-state index contributed by atoms with van der Waals surface area (Å²) in [6.07, 6.45) is 4.76. The lowest BCUT2D eigenvalue weighted by Gasteiger charge is -2.14. The number of carbonyl (C=O) groups excluding carboxylic acids is 2. The summed E-state index contributed by atoms with van der Waals surface area (Å²) in [6.45, 7) is 4.05. The van der Waals surface area contributed by atoms with Crippen LogP contribution in [0.2, 0.25) is 0 Å². The number of hydrogen-bond acceptors (Lipinski definition) is 5. The zero-order chi connectivity index (χ0) is 27.2. The van der Waals surface area contributed by atoms with Crippen molar-refractivity contribution in [3.8, 4) is 0 Å². The Labute approximate surface area is 227 Å². The van der Waals surface area contributed by atoms with Crippen molar-refractivity contribution in [3.63, 3.8) is 0 Å². The van der Waals surface area contributed by atoms with Gasteiger partial charge in [0.1, 0.15) is 0 Å². The van der Waals surface area contributed by atoms with Crippen molar-refractivity contribution in [3.05, 3.63) is 83.4 Å². The lowest BCUT2D eigenvalue weighted by Crippen LogP contribution is -2.19. The summed E-state index contributed by atoms with van der Waals surface area (Å²) in [7, 11) is 0. The number of benzene rings is 3. The minimum absolute atomic E-state index is 0.129. The summed E-state index contributed by atoms with van der Waals surface area (Å²) in [6, 6.07) is 19.1. The van der Waals surface area contributed by atoms with Gasteiger partial charge in [0, 0.05) is 0 Å². The molecule has 0 aliphatic carbocycles. The highest BCUT2D eigenvalue weighted by Crippen LogP contribution is 2.19. The van der Waals surface area contributed by atoms with Crippen LogP contribution in [0.1, 0.15) is 83.4 Å². The number of aromatic carboxylic acids is 1. The molecule has 2 unspecified atom stereocenters. The van der Waals surface area contributed by atoms with Crippen LogP contribution in [0, 0.1) is 0 Å². The second kappa shape index (κ2) is 15.9. The Kier molecular flexibility index (Phi) is 12.9. The van der Waals surface area contributed by atoms with E-state index < -0.39 is 29.0 Å². The number of alkyl halides is 2. The van der Waals surface area contributed by atoms with Crippen LogP contribution in [-0.4, -0.2) is 34.1 Å². The van der Waals surface area contributed by atoms with Crippen LogP contribution < -0.4 is 0 Å². The van der Waals surface area contributed by atoms with Crippen LogP contribution in [0.3, 0.4) is 0 Å². The summed E-state index contributed by atoms with van der Waals surface area (Å²) in [5.74, 6) is -2.16. The van der Waals surface area contributed by atoms with Crippen molar-refractivity contribution in [2.45, 2.75) is 63.5 Å². The molecule has 2 atom stereocenters. The molecule has 0 saturated carbocycles. The summed E-state index contributed by atoms with van der Waals surface area (Å²) in [5.41, 5.74) is -0.815. The number of carboxylic acid groups (broad SMARTS) is 1. The van der Waals surface area contributed by atoms with E-state index in [0.29, 0.717) is 18.4 Å². The molecule has 0 aliphatic rings. The number of unbranched alkanes of at least 4 members (excludes halogenated alkanes) is 2. The van der Waals surface area contributed by atoms with Gasteiger partial charge in [0.25, 0.3) is 0 Å². The van der Waals surface area contributed by atoms with Crippen molar-refractivity contribution < 1.29 is 29.0 Å². The Morgan fingerprint density at radius 2 is 1.14 bits per heavy atom. The molecule has 0 aliphatic heterocycles. The summed E-state index contributed by atoms with van der Waals surface area (Å²) < 4.78 is 10.4. The lowest BCUT2D eigenvalue weighted by molar-refractivity contribution is 0.0385. The fraction of sp³-hybridized carbons (Fsp3) is 0.345. The van der Waals surface area contributed by atoms with Gasteiger partial charge in [-0.1, -0.05) is 98.4 Å². The zero-order valence-corrected chi connectivity index (χ0v) is 22.5. The average Bonchev–Trinajstić information content (AvgIpc) is 2.90. The summed E-state index contributed by atoms with van der Waals surface area (Å²) in [5, 5.41) is 10.6. The first-order valence-electron chi connectivity index (χ1n) is 12.3. The van der Waals surface area contributed by atoms with E-state index in [-0.39, 0.29) is 11.1 Å². The maximum Gasteiger partial charge on any atom is 0.340 e. The first kappa shape index (κ1) is 30.1. The maximum absolute atomic E-state index is 12.3. The van der Waals surface area contributed by atoms with Crippen LogP contribution in [0.25, 0.3) is 10.8 Å². The highest BCUT2D eigenvalue weighted by Gasteiger charge is 2.22. The monoisotopic (exact) mass is 546 g/mol. The van der Waals surface area contributed by atoms with Gasteiger partial charge >= 0.3 is 17.9 Å². The Morgan fingerprint density at radius 3 is 1.62 bits per heavy atom. The first-order chi connectivity index (χ1) is 17.8. The fourth-order valence-electron chi connectivity index (χ4n) is 3.46. The Bertz CT molecular complexity index is 1130. The molecule has 0 amide bonds. The topological polar surface area (TPSA) is 89.9 Å². The Balaban J connectivity index is 0.000000308. The third-order valence-corrected chi connectivity index (χ3v) is 6.04. The van der Waals surface area contributed by atoms with E-state index in [2.05, 4.69) is 0 Å². The first-order valence-corrected chi connectivity index (χ1v) is 13.2. The van der Waals surface area contributed by atoms with Gasteiger partial charge in [0.2, 0.25) is 0 Å². The third kappa shape index (κ3) is 9.71. The van der Waals surface area contributed by atoms with Crippen molar-refractivity contribution in [2.75, 3.05) is 0 Å². The number of fused-ring (bicyclic) bond motifs is 1. The van der Waals surface area contributed by atoms with Gasteiger partial charge in [0.05, 0.1) is 16.7 Å². The van der Waals surface area contributed by atoms with Crippen LogP contribution in [0.15, 0.2) is 66.7 Å². The van der Waals surface area contributed by atoms with E-state index in [1.54, 1.807) is 24.3 Å². The molecule has 0 heterocycles. The fourth-order valence-corrected chi connectivity index (χ4v) is 3.93. The number of halogens is 2. The van der Waals surface area contributed by atoms with Gasteiger partial charge in [-0.25, -0.2) is 14.4 Å². The lowest BCUT2D eigenvalue weighted by atomic mass is 10.1. The van der Waals surface area contributed by atoms with Crippen LogP contribution in [0.5, 0.6) is 0 Å². The summed E-state index contributed by atoms with van der Waals surface area (Å²) >= 11 is 12.0. The maximum atomic E-state index is 12.3. The summed E-state index contributed by atoms with van der Waals surface area (Å²) in [4.78, 5) is 35.3. The molecule has 0 aromatic heterocycles. The molecular weight excluding hydrogens is 515 g/mol. The van der Waals surface area contributed by atoms with Crippen LogP contribution >= 0.6 is 23.2 Å². The normalized spacial score (nSPS) is 12.1. The van der Waals surface area contributed by atoms with Gasteiger partial charge in [-0.05, 0) is 54.7 Å². The van der Waals surface area contributed by atoms with Gasteiger partial charge in [-0.15, -0.1) is 0 Å². The van der Waals surface area contributed by atoms with Crippen molar-refractivity contribution in [1.29, 1.82) is 0 Å². The van der Waals surface area contributed by atoms with Gasteiger partial charge < -0.3 is 14.6 Å². The number of esters is 2. The van der Waals surface area contributed by atoms with E-state index >= 15 is 0 Å².